The van der Waals surface area contributed by atoms with Gasteiger partial charge in [-0.2, -0.15) is 4.98 Å². The number of aryl methyl sites for hydroxylation is 1. The van der Waals surface area contributed by atoms with Crippen molar-refractivity contribution in [3.05, 3.63) is 47.9 Å². The summed E-state index contributed by atoms with van der Waals surface area (Å²) in [5.74, 6) is 2.08. The summed E-state index contributed by atoms with van der Waals surface area (Å²) in [5.41, 5.74) is 1.86. The van der Waals surface area contributed by atoms with Crippen LogP contribution in [-0.2, 0) is 13.1 Å². The first-order valence-corrected chi connectivity index (χ1v) is 8.36. The molecule has 130 valence electrons. The minimum Gasteiger partial charge on any atom is -0.361 e. The van der Waals surface area contributed by atoms with E-state index in [1.807, 2.05) is 25.1 Å². The summed E-state index contributed by atoms with van der Waals surface area (Å²) in [5, 5.41) is 8.10. The summed E-state index contributed by atoms with van der Waals surface area (Å²) in [7, 11) is 0. The van der Waals surface area contributed by atoms with E-state index in [0.29, 0.717) is 18.3 Å². The van der Waals surface area contributed by atoms with Gasteiger partial charge in [0.25, 0.3) is 0 Å². The molecule has 3 aromatic heterocycles. The highest BCUT2D eigenvalue weighted by molar-refractivity contribution is 5.51. The molecule has 0 bridgehead atoms. The first kappa shape index (κ1) is 15.9. The Morgan fingerprint density at radius 3 is 2.52 bits per heavy atom. The second-order valence-corrected chi connectivity index (χ2v) is 6.23. The van der Waals surface area contributed by atoms with E-state index in [1.165, 1.54) is 0 Å². The van der Waals surface area contributed by atoms with E-state index in [9.17, 15) is 0 Å². The molecular weight excluding hydrogens is 320 g/mol. The molecule has 0 atom stereocenters. The Labute approximate surface area is 145 Å². The Hall–Kier alpha value is -2.58. The van der Waals surface area contributed by atoms with E-state index in [1.54, 1.807) is 12.4 Å². The average Bonchev–Trinajstić information content (AvgIpc) is 3.27. The van der Waals surface area contributed by atoms with Gasteiger partial charge in [0, 0.05) is 56.7 Å². The number of piperazine rings is 1. The zero-order valence-electron chi connectivity index (χ0n) is 14.1. The van der Waals surface area contributed by atoms with Crippen molar-refractivity contribution in [3.63, 3.8) is 0 Å². The summed E-state index contributed by atoms with van der Waals surface area (Å²) < 4.78 is 10.5. The molecule has 0 N–H and O–H groups in total. The van der Waals surface area contributed by atoms with E-state index < -0.39 is 0 Å². The molecule has 0 radical (unpaired) electrons. The van der Waals surface area contributed by atoms with Crippen LogP contribution in [0.15, 0.2) is 39.6 Å². The summed E-state index contributed by atoms with van der Waals surface area (Å²) >= 11 is 0. The predicted molar refractivity (Wildman–Crippen MR) is 89.3 cm³/mol. The van der Waals surface area contributed by atoms with Gasteiger partial charge >= 0.3 is 0 Å². The van der Waals surface area contributed by atoms with Crippen LogP contribution in [0, 0.1) is 6.92 Å². The molecule has 1 saturated heterocycles. The van der Waals surface area contributed by atoms with Crippen LogP contribution < -0.4 is 0 Å². The summed E-state index contributed by atoms with van der Waals surface area (Å²) in [6.45, 7) is 7.30. The van der Waals surface area contributed by atoms with Gasteiger partial charge in [0.05, 0.1) is 12.2 Å². The Morgan fingerprint density at radius 2 is 1.84 bits per heavy atom. The molecule has 8 nitrogen and oxygen atoms in total. The van der Waals surface area contributed by atoms with Gasteiger partial charge in [0.15, 0.2) is 0 Å². The third-order valence-electron chi connectivity index (χ3n) is 4.27. The Bertz CT molecular complexity index is 807. The minimum absolute atomic E-state index is 0.586. The van der Waals surface area contributed by atoms with Crippen molar-refractivity contribution in [2.75, 3.05) is 26.2 Å². The van der Waals surface area contributed by atoms with Gasteiger partial charge in [-0.25, -0.2) is 0 Å². The van der Waals surface area contributed by atoms with Gasteiger partial charge in [-0.3, -0.25) is 14.8 Å². The van der Waals surface area contributed by atoms with Gasteiger partial charge in [0.2, 0.25) is 11.7 Å². The fourth-order valence-corrected chi connectivity index (χ4v) is 2.95. The lowest BCUT2D eigenvalue weighted by Crippen LogP contribution is -2.45. The molecule has 3 aromatic rings. The van der Waals surface area contributed by atoms with Crippen molar-refractivity contribution < 1.29 is 9.05 Å². The Kier molecular flexibility index (Phi) is 4.53. The Morgan fingerprint density at radius 1 is 1.04 bits per heavy atom. The first-order valence-electron chi connectivity index (χ1n) is 8.36. The van der Waals surface area contributed by atoms with E-state index in [-0.39, 0.29) is 0 Å². The van der Waals surface area contributed by atoms with Gasteiger partial charge in [0.1, 0.15) is 5.76 Å². The maximum atomic E-state index is 5.38. The first-order chi connectivity index (χ1) is 12.3. The third kappa shape index (κ3) is 3.92. The number of nitrogens with zero attached hydrogens (tertiary/aromatic N) is 6. The van der Waals surface area contributed by atoms with Crippen molar-refractivity contribution in [3.8, 4) is 11.4 Å². The van der Waals surface area contributed by atoms with Gasteiger partial charge in [-0.1, -0.05) is 10.3 Å². The SMILES string of the molecule is Cc1cc(CN2CCN(Cc3nc(-c4cccnc4)no3)CC2)no1. The molecule has 0 amide bonds. The largest absolute Gasteiger partial charge is 0.361 e. The monoisotopic (exact) mass is 340 g/mol. The fraction of sp³-hybridized carbons (Fsp3) is 0.412. The average molecular weight is 340 g/mol. The van der Waals surface area contributed by atoms with Crippen LogP contribution >= 0.6 is 0 Å². The van der Waals surface area contributed by atoms with Crippen molar-refractivity contribution in [2.24, 2.45) is 0 Å². The van der Waals surface area contributed by atoms with Crippen LogP contribution in [0.2, 0.25) is 0 Å². The van der Waals surface area contributed by atoms with Gasteiger partial charge in [-0.15, -0.1) is 0 Å². The molecule has 8 heteroatoms. The molecule has 1 fully saturated rings. The van der Waals surface area contributed by atoms with Crippen molar-refractivity contribution in [1.29, 1.82) is 0 Å². The second kappa shape index (κ2) is 7.12. The van der Waals surface area contributed by atoms with Crippen LogP contribution in [0.5, 0.6) is 0 Å². The van der Waals surface area contributed by atoms with E-state index in [2.05, 4.69) is 30.1 Å². The highest BCUT2D eigenvalue weighted by atomic mass is 16.5. The molecule has 1 aliphatic heterocycles. The van der Waals surface area contributed by atoms with Gasteiger partial charge in [-0.05, 0) is 19.1 Å². The number of rotatable bonds is 5. The molecule has 25 heavy (non-hydrogen) atoms. The quantitative estimate of drug-likeness (QED) is 0.694. The van der Waals surface area contributed by atoms with Crippen LogP contribution in [0.25, 0.3) is 11.4 Å². The maximum Gasteiger partial charge on any atom is 0.241 e. The van der Waals surface area contributed by atoms with Crippen LogP contribution in [-0.4, -0.2) is 56.3 Å². The summed E-state index contributed by atoms with van der Waals surface area (Å²) in [6, 6.07) is 5.78. The van der Waals surface area contributed by atoms with Crippen LogP contribution in [0.1, 0.15) is 17.3 Å². The van der Waals surface area contributed by atoms with Crippen molar-refractivity contribution in [2.45, 2.75) is 20.0 Å². The molecule has 4 heterocycles. The highest BCUT2D eigenvalue weighted by Gasteiger charge is 2.20. The lowest BCUT2D eigenvalue weighted by molar-refractivity contribution is 0.110. The molecule has 0 aromatic carbocycles. The maximum absolute atomic E-state index is 5.38. The number of aromatic nitrogens is 4. The molecule has 0 saturated carbocycles. The normalized spacial score (nSPS) is 16.4. The molecule has 0 aliphatic carbocycles. The number of hydrogen-bond acceptors (Lipinski definition) is 8. The molecular formula is C17H20N6O2. The third-order valence-corrected chi connectivity index (χ3v) is 4.27. The topological polar surface area (TPSA) is 84.3 Å². The smallest absolute Gasteiger partial charge is 0.241 e. The zero-order chi connectivity index (χ0) is 17.1. The zero-order valence-corrected chi connectivity index (χ0v) is 14.1. The molecule has 0 spiro atoms. The minimum atomic E-state index is 0.586. The second-order valence-electron chi connectivity index (χ2n) is 6.23. The lowest BCUT2D eigenvalue weighted by atomic mass is 10.2. The van der Waals surface area contributed by atoms with Crippen molar-refractivity contribution in [1.82, 2.24) is 30.1 Å². The van der Waals surface area contributed by atoms with Crippen LogP contribution in [0.3, 0.4) is 0 Å². The van der Waals surface area contributed by atoms with Gasteiger partial charge < -0.3 is 9.05 Å². The lowest BCUT2D eigenvalue weighted by Gasteiger charge is -2.33. The number of hydrogen-bond donors (Lipinski definition) is 0. The highest BCUT2D eigenvalue weighted by Crippen LogP contribution is 2.15. The molecule has 0 unspecified atom stereocenters. The van der Waals surface area contributed by atoms with E-state index in [0.717, 1.165) is 49.7 Å². The number of pyridine rings is 1. The molecule has 1 aliphatic rings. The van der Waals surface area contributed by atoms with E-state index >= 15 is 0 Å². The van der Waals surface area contributed by atoms with E-state index in [4.69, 9.17) is 9.05 Å². The standard InChI is InChI=1S/C17H20N6O2/c1-13-9-15(20-24-13)11-22-5-7-23(8-6-22)12-16-19-17(21-25-16)14-3-2-4-18-10-14/h2-4,9-10H,5-8,11-12H2,1H3. The van der Waals surface area contributed by atoms with Crippen LogP contribution in [0.4, 0.5) is 0 Å². The summed E-state index contributed by atoms with van der Waals surface area (Å²) in [4.78, 5) is 13.3. The van der Waals surface area contributed by atoms with Crippen molar-refractivity contribution >= 4 is 0 Å². The Balaban J connectivity index is 1.29. The fourth-order valence-electron chi connectivity index (χ4n) is 2.95. The summed E-state index contributed by atoms with van der Waals surface area (Å²) in [6.07, 6.45) is 3.46. The molecule has 4 rings (SSSR count). The predicted octanol–water partition coefficient (Wildman–Crippen LogP) is 1.75.